The summed E-state index contributed by atoms with van der Waals surface area (Å²) < 4.78 is 8.32. The van der Waals surface area contributed by atoms with E-state index in [0.29, 0.717) is 6.10 Å². The van der Waals surface area contributed by atoms with Crippen LogP contribution in [0.2, 0.25) is 0 Å². The summed E-state index contributed by atoms with van der Waals surface area (Å²) in [6.07, 6.45) is 4.12. The summed E-state index contributed by atoms with van der Waals surface area (Å²) in [4.78, 5) is 14.5. The average molecular weight is 329 g/mol. The van der Waals surface area contributed by atoms with Crippen LogP contribution in [0.25, 0.3) is 0 Å². The number of amides is 1. The third kappa shape index (κ3) is 3.20. The van der Waals surface area contributed by atoms with Gasteiger partial charge in [0.2, 0.25) is 0 Å². The number of methoxy groups -OCH3 is 1. The number of piperidine rings is 1. The summed E-state index contributed by atoms with van der Waals surface area (Å²) >= 11 is 3.45. The summed E-state index contributed by atoms with van der Waals surface area (Å²) in [6.45, 7) is 5.72. The lowest BCUT2D eigenvalue weighted by molar-refractivity contribution is 0.0344. The molecule has 0 radical (unpaired) electrons. The molecule has 1 amide bonds. The molecular weight excluding hydrogens is 308 g/mol. The van der Waals surface area contributed by atoms with E-state index in [-0.39, 0.29) is 11.9 Å². The van der Waals surface area contributed by atoms with Gasteiger partial charge in [-0.25, -0.2) is 0 Å². The van der Waals surface area contributed by atoms with E-state index >= 15 is 0 Å². The molecule has 0 unspecified atom stereocenters. The molecule has 19 heavy (non-hydrogen) atoms. The highest BCUT2D eigenvalue weighted by Gasteiger charge is 2.25. The molecule has 2 rings (SSSR count). The molecule has 5 heteroatoms. The Morgan fingerprint density at radius 3 is 2.58 bits per heavy atom. The number of nitrogens with zero attached hydrogens (tertiary/aromatic N) is 2. The quantitative estimate of drug-likeness (QED) is 0.854. The minimum Gasteiger partial charge on any atom is -0.381 e. The fourth-order valence-corrected chi connectivity index (χ4v) is 2.94. The molecule has 1 aromatic rings. The molecule has 1 aliphatic heterocycles. The fraction of sp³-hybridized carbons (Fsp3) is 0.643. The van der Waals surface area contributed by atoms with Crippen molar-refractivity contribution in [2.24, 2.45) is 0 Å². The van der Waals surface area contributed by atoms with Crippen LogP contribution in [0.4, 0.5) is 0 Å². The van der Waals surface area contributed by atoms with E-state index in [9.17, 15) is 4.79 Å². The van der Waals surface area contributed by atoms with Gasteiger partial charge in [0.1, 0.15) is 5.69 Å². The van der Waals surface area contributed by atoms with Gasteiger partial charge >= 0.3 is 0 Å². The molecule has 1 fully saturated rings. The first-order valence-electron chi connectivity index (χ1n) is 6.72. The lowest BCUT2D eigenvalue weighted by atomic mass is 10.1. The number of carbonyl (C=O) groups is 1. The average Bonchev–Trinajstić information content (AvgIpc) is 2.80. The Bertz CT molecular complexity index is 448. The van der Waals surface area contributed by atoms with Gasteiger partial charge in [0.05, 0.1) is 6.10 Å². The third-order valence-corrected chi connectivity index (χ3v) is 4.09. The van der Waals surface area contributed by atoms with E-state index in [1.165, 1.54) is 0 Å². The van der Waals surface area contributed by atoms with Crippen molar-refractivity contribution in [1.29, 1.82) is 0 Å². The zero-order chi connectivity index (χ0) is 14.0. The second-order valence-electron chi connectivity index (χ2n) is 5.27. The van der Waals surface area contributed by atoms with E-state index in [1.807, 2.05) is 21.7 Å². The van der Waals surface area contributed by atoms with Crippen molar-refractivity contribution in [3.8, 4) is 0 Å². The standard InChI is InChI=1S/C14H21BrN2O2/c1-10(2)17-9-11(15)8-13(17)14(18)16-6-4-12(19-3)5-7-16/h8-10,12H,4-7H2,1-3H3. The Balaban J connectivity index is 2.12. The number of hydrogen-bond donors (Lipinski definition) is 0. The predicted molar refractivity (Wildman–Crippen MR) is 78.5 cm³/mol. The molecular formula is C14H21BrN2O2. The maximum atomic E-state index is 12.6. The second kappa shape index (κ2) is 6.09. The van der Waals surface area contributed by atoms with Crippen LogP contribution in [0.15, 0.2) is 16.7 Å². The van der Waals surface area contributed by atoms with Crippen molar-refractivity contribution in [1.82, 2.24) is 9.47 Å². The molecule has 0 spiro atoms. The molecule has 106 valence electrons. The molecule has 0 N–H and O–H groups in total. The normalized spacial score (nSPS) is 17.2. The van der Waals surface area contributed by atoms with E-state index in [2.05, 4.69) is 29.8 Å². The summed E-state index contributed by atoms with van der Waals surface area (Å²) in [7, 11) is 1.74. The smallest absolute Gasteiger partial charge is 0.270 e. The summed E-state index contributed by atoms with van der Waals surface area (Å²) in [6, 6.07) is 2.19. The highest BCUT2D eigenvalue weighted by Crippen LogP contribution is 2.22. The van der Waals surface area contributed by atoms with Crippen molar-refractivity contribution in [2.45, 2.75) is 38.8 Å². The Morgan fingerprint density at radius 2 is 2.05 bits per heavy atom. The zero-order valence-corrected chi connectivity index (χ0v) is 13.3. The van der Waals surface area contributed by atoms with Gasteiger partial charge in [-0.2, -0.15) is 0 Å². The van der Waals surface area contributed by atoms with Gasteiger partial charge in [-0.3, -0.25) is 4.79 Å². The Labute approximate surface area is 122 Å². The van der Waals surface area contributed by atoms with E-state index in [4.69, 9.17) is 4.74 Å². The topological polar surface area (TPSA) is 34.5 Å². The number of carbonyl (C=O) groups excluding carboxylic acids is 1. The van der Waals surface area contributed by atoms with Gasteiger partial charge in [0, 0.05) is 36.9 Å². The van der Waals surface area contributed by atoms with Gasteiger partial charge in [-0.05, 0) is 48.7 Å². The fourth-order valence-electron chi connectivity index (χ4n) is 2.50. The molecule has 0 aromatic carbocycles. The Kier molecular flexibility index (Phi) is 4.68. The first kappa shape index (κ1) is 14.6. The van der Waals surface area contributed by atoms with Crippen molar-refractivity contribution < 1.29 is 9.53 Å². The highest BCUT2D eigenvalue weighted by molar-refractivity contribution is 9.10. The minimum atomic E-state index is 0.119. The summed E-state index contributed by atoms with van der Waals surface area (Å²) in [5.41, 5.74) is 0.762. The first-order chi connectivity index (χ1) is 9.02. The van der Waals surface area contributed by atoms with Crippen LogP contribution in [0.1, 0.15) is 43.2 Å². The molecule has 2 heterocycles. The summed E-state index contributed by atoms with van der Waals surface area (Å²) in [5, 5.41) is 0. The largest absolute Gasteiger partial charge is 0.381 e. The SMILES string of the molecule is COC1CCN(C(=O)c2cc(Br)cn2C(C)C)CC1. The predicted octanol–water partition coefficient (Wildman–Crippen LogP) is 3.08. The van der Waals surface area contributed by atoms with Crippen molar-refractivity contribution in [2.75, 3.05) is 20.2 Å². The van der Waals surface area contributed by atoms with E-state index < -0.39 is 0 Å². The molecule has 1 saturated heterocycles. The Morgan fingerprint density at radius 1 is 1.42 bits per heavy atom. The number of rotatable bonds is 3. The second-order valence-corrected chi connectivity index (χ2v) is 6.19. The van der Waals surface area contributed by atoms with Gasteiger partial charge in [-0.15, -0.1) is 0 Å². The van der Waals surface area contributed by atoms with Crippen LogP contribution in [0.5, 0.6) is 0 Å². The first-order valence-corrected chi connectivity index (χ1v) is 7.51. The van der Waals surface area contributed by atoms with Crippen LogP contribution in [-0.4, -0.2) is 41.7 Å². The van der Waals surface area contributed by atoms with Crippen molar-refractivity contribution in [3.63, 3.8) is 0 Å². The molecule has 0 bridgehead atoms. The lowest BCUT2D eigenvalue weighted by Gasteiger charge is -2.31. The molecule has 0 atom stereocenters. The van der Waals surface area contributed by atoms with Crippen LogP contribution < -0.4 is 0 Å². The zero-order valence-electron chi connectivity index (χ0n) is 11.7. The number of likely N-dealkylation sites (tertiary alicyclic amines) is 1. The van der Waals surface area contributed by atoms with E-state index in [1.54, 1.807) is 7.11 Å². The van der Waals surface area contributed by atoms with Gasteiger partial charge < -0.3 is 14.2 Å². The molecule has 1 aromatic heterocycles. The van der Waals surface area contributed by atoms with Crippen LogP contribution >= 0.6 is 15.9 Å². The lowest BCUT2D eigenvalue weighted by Crippen LogP contribution is -2.41. The molecule has 0 saturated carbocycles. The highest BCUT2D eigenvalue weighted by atomic mass is 79.9. The number of hydrogen-bond acceptors (Lipinski definition) is 2. The number of ether oxygens (including phenoxy) is 1. The van der Waals surface area contributed by atoms with E-state index in [0.717, 1.165) is 36.1 Å². The van der Waals surface area contributed by atoms with Crippen molar-refractivity contribution >= 4 is 21.8 Å². The summed E-state index contributed by atoms with van der Waals surface area (Å²) in [5.74, 6) is 0.119. The van der Waals surface area contributed by atoms with Crippen LogP contribution in [0.3, 0.4) is 0 Å². The molecule has 4 nitrogen and oxygen atoms in total. The number of halogens is 1. The molecule has 1 aliphatic rings. The van der Waals surface area contributed by atoms with Gasteiger partial charge in [0.25, 0.3) is 5.91 Å². The van der Waals surface area contributed by atoms with Gasteiger partial charge in [-0.1, -0.05) is 0 Å². The third-order valence-electron chi connectivity index (χ3n) is 3.65. The monoisotopic (exact) mass is 328 g/mol. The maximum absolute atomic E-state index is 12.6. The minimum absolute atomic E-state index is 0.119. The maximum Gasteiger partial charge on any atom is 0.270 e. The number of aromatic nitrogens is 1. The van der Waals surface area contributed by atoms with Crippen molar-refractivity contribution in [3.05, 3.63) is 22.4 Å². The van der Waals surface area contributed by atoms with Crippen LogP contribution in [0, 0.1) is 0 Å². The van der Waals surface area contributed by atoms with Gasteiger partial charge in [0.15, 0.2) is 0 Å². The Hall–Kier alpha value is -0.810. The van der Waals surface area contributed by atoms with Crippen LogP contribution in [-0.2, 0) is 4.74 Å². The molecule has 0 aliphatic carbocycles.